The van der Waals surface area contributed by atoms with Crippen LogP contribution in [0.4, 0.5) is 0 Å². The number of hydrogen-bond donors (Lipinski definition) is 0. The van der Waals surface area contributed by atoms with Crippen molar-refractivity contribution in [2.75, 3.05) is 0 Å². The van der Waals surface area contributed by atoms with E-state index in [0.717, 1.165) is 10.9 Å². The fourth-order valence-electron chi connectivity index (χ4n) is 3.09. The molecule has 0 saturated carbocycles. The third-order valence-electron chi connectivity index (χ3n) is 4.49. The second-order valence-electron chi connectivity index (χ2n) is 6.70. The number of aromatic nitrogens is 2. The summed E-state index contributed by atoms with van der Waals surface area (Å²) in [6.07, 6.45) is 0.166. The zero-order chi connectivity index (χ0) is 18.7. The van der Waals surface area contributed by atoms with Gasteiger partial charge in [-0.1, -0.05) is 48.5 Å². The van der Waals surface area contributed by atoms with Crippen LogP contribution in [-0.2, 0) is 24.8 Å². The van der Waals surface area contributed by atoms with Crippen molar-refractivity contribution >= 4 is 16.7 Å². The van der Waals surface area contributed by atoms with Crippen LogP contribution in [0.2, 0.25) is 0 Å². The van der Waals surface area contributed by atoms with Crippen molar-refractivity contribution in [2.24, 2.45) is 7.05 Å². The number of fused-ring (bicyclic) bond motifs is 1. The summed E-state index contributed by atoms with van der Waals surface area (Å²) >= 11 is 0. The van der Waals surface area contributed by atoms with Gasteiger partial charge in [-0.2, -0.15) is 5.10 Å². The molecule has 0 radical (unpaired) electrons. The summed E-state index contributed by atoms with van der Waals surface area (Å²) in [5, 5.41) is 5.68. The third kappa shape index (κ3) is 3.67. The highest BCUT2D eigenvalue weighted by Crippen LogP contribution is 2.16. The number of hydrogen-bond acceptors (Lipinski definition) is 3. The van der Waals surface area contributed by atoms with Gasteiger partial charge < -0.3 is 4.90 Å². The summed E-state index contributed by atoms with van der Waals surface area (Å²) < 4.78 is 1.31. The van der Waals surface area contributed by atoms with Gasteiger partial charge >= 0.3 is 0 Å². The van der Waals surface area contributed by atoms with Gasteiger partial charge in [0.25, 0.3) is 5.56 Å². The largest absolute Gasteiger partial charge is 0.336 e. The van der Waals surface area contributed by atoms with Crippen LogP contribution in [0.15, 0.2) is 59.4 Å². The Balaban J connectivity index is 1.92. The van der Waals surface area contributed by atoms with Crippen LogP contribution in [0.3, 0.4) is 0 Å². The molecule has 5 nitrogen and oxygen atoms in total. The Morgan fingerprint density at radius 1 is 1.04 bits per heavy atom. The molecule has 26 heavy (non-hydrogen) atoms. The molecule has 0 aliphatic carbocycles. The van der Waals surface area contributed by atoms with Crippen LogP contribution < -0.4 is 5.56 Å². The maximum absolute atomic E-state index is 13.0. The Kier molecular flexibility index (Phi) is 5.16. The third-order valence-corrected chi connectivity index (χ3v) is 4.49. The van der Waals surface area contributed by atoms with Gasteiger partial charge in [-0.05, 0) is 25.5 Å². The summed E-state index contributed by atoms with van der Waals surface area (Å²) in [5.41, 5.74) is 1.57. The molecule has 1 aromatic heterocycles. The predicted octanol–water partition coefficient (Wildman–Crippen LogP) is 2.91. The standard InChI is InChI=1S/C21H23N3O2/c1-15(2)24(14-16-9-5-4-6-10-16)20(25)13-19-17-11-7-8-12-18(17)21(26)23(3)22-19/h4-12,15H,13-14H2,1-3H3. The Morgan fingerprint density at radius 3 is 2.31 bits per heavy atom. The van der Waals surface area contributed by atoms with Crippen molar-refractivity contribution < 1.29 is 4.79 Å². The molecule has 0 fully saturated rings. The van der Waals surface area contributed by atoms with E-state index in [9.17, 15) is 9.59 Å². The maximum atomic E-state index is 13.0. The molecule has 1 amide bonds. The normalized spacial score (nSPS) is 11.1. The molecular formula is C21H23N3O2. The summed E-state index contributed by atoms with van der Waals surface area (Å²) in [5.74, 6) is 0.000144. The van der Waals surface area contributed by atoms with E-state index in [4.69, 9.17) is 0 Å². The lowest BCUT2D eigenvalue weighted by Crippen LogP contribution is -2.38. The van der Waals surface area contributed by atoms with E-state index in [1.807, 2.05) is 67.3 Å². The lowest BCUT2D eigenvalue weighted by molar-refractivity contribution is -0.132. The molecule has 2 aromatic carbocycles. The van der Waals surface area contributed by atoms with E-state index in [0.29, 0.717) is 17.6 Å². The fraction of sp³-hybridized carbons (Fsp3) is 0.286. The van der Waals surface area contributed by atoms with Gasteiger partial charge in [-0.3, -0.25) is 9.59 Å². The minimum atomic E-state index is -0.151. The van der Waals surface area contributed by atoms with Gasteiger partial charge in [0.15, 0.2) is 0 Å². The molecule has 134 valence electrons. The van der Waals surface area contributed by atoms with E-state index in [2.05, 4.69) is 5.10 Å². The lowest BCUT2D eigenvalue weighted by atomic mass is 10.1. The molecule has 0 atom stereocenters. The molecule has 0 aliphatic rings. The minimum Gasteiger partial charge on any atom is -0.336 e. The second kappa shape index (κ2) is 7.52. The number of amides is 1. The smallest absolute Gasteiger partial charge is 0.274 e. The van der Waals surface area contributed by atoms with Crippen molar-refractivity contribution in [1.82, 2.24) is 14.7 Å². The first-order valence-corrected chi connectivity index (χ1v) is 8.75. The van der Waals surface area contributed by atoms with E-state index in [-0.39, 0.29) is 23.9 Å². The fourth-order valence-corrected chi connectivity index (χ4v) is 3.09. The monoisotopic (exact) mass is 349 g/mol. The zero-order valence-corrected chi connectivity index (χ0v) is 15.3. The van der Waals surface area contributed by atoms with E-state index in [1.165, 1.54) is 4.68 Å². The SMILES string of the molecule is CC(C)N(Cc1ccccc1)C(=O)Cc1nn(C)c(=O)c2ccccc12. The molecule has 0 N–H and O–H groups in total. The Morgan fingerprint density at radius 2 is 1.65 bits per heavy atom. The highest BCUT2D eigenvalue weighted by Gasteiger charge is 2.20. The molecule has 3 aromatic rings. The van der Waals surface area contributed by atoms with Crippen LogP contribution in [-0.4, -0.2) is 26.6 Å². The molecular weight excluding hydrogens is 326 g/mol. The summed E-state index contributed by atoms with van der Waals surface area (Å²) in [6.45, 7) is 4.57. The van der Waals surface area contributed by atoms with Gasteiger partial charge in [0.1, 0.15) is 0 Å². The van der Waals surface area contributed by atoms with Gasteiger partial charge in [-0.25, -0.2) is 4.68 Å². The van der Waals surface area contributed by atoms with Crippen molar-refractivity contribution in [3.63, 3.8) is 0 Å². The first-order chi connectivity index (χ1) is 12.5. The maximum Gasteiger partial charge on any atom is 0.274 e. The molecule has 0 aliphatic heterocycles. The number of benzene rings is 2. The predicted molar refractivity (Wildman–Crippen MR) is 103 cm³/mol. The zero-order valence-electron chi connectivity index (χ0n) is 15.3. The molecule has 0 bridgehead atoms. The molecule has 0 spiro atoms. The van der Waals surface area contributed by atoms with Crippen LogP contribution in [0.25, 0.3) is 10.8 Å². The molecule has 3 rings (SSSR count). The van der Waals surface area contributed by atoms with Gasteiger partial charge in [0, 0.05) is 25.0 Å². The average Bonchev–Trinajstić information content (AvgIpc) is 2.64. The first kappa shape index (κ1) is 17.9. The van der Waals surface area contributed by atoms with Crippen molar-refractivity contribution in [2.45, 2.75) is 32.9 Å². The highest BCUT2D eigenvalue weighted by atomic mass is 16.2. The van der Waals surface area contributed by atoms with E-state index in [1.54, 1.807) is 13.1 Å². The minimum absolute atomic E-state index is 0.000144. The van der Waals surface area contributed by atoms with Crippen molar-refractivity contribution in [3.05, 3.63) is 76.2 Å². The topological polar surface area (TPSA) is 55.2 Å². The number of nitrogens with zero attached hydrogens (tertiary/aromatic N) is 3. The second-order valence-corrected chi connectivity index (χ2v) is 6.70. The molecule has 0 saturated heterocycles. The molecule has 0 unspecified atom stereocenters. The molecule has 5 heteroatoms. The summed E-state index contributed by atoms with van der Waals surface area (Å²) in [4.78, 5) is 27.1. The van der Waals surface area contributed by atoms with E-state index < -0.39 is 0 Å². The summed E-state index contributed by atoms with van der Waals surface area (Å²) in [7, 11) is 1.62. The van der Waals surface area contributed by atoms with Crippen molar-refractivity contribution in [3.8, 4) is 0 Å². The number of carbonyl (C=O) groups is 1. The quantitative estimate of drug-likeness (QED) is 0.712. The Hall–Kier alpha value is -2.95. The van der Waals surface area contributed by atoms with Crippen LogP contribution >= 0.6 is 0 Å². The Bertz CT molecular complexity index is 977. The lowest BCUT2D eigenvalue weighted by Gasteiger charge is -2.27. The molecule has 1 heterocycles. The van der Waals surface area contributed by atoms with Crippen LogP contribution in [0.1, 0.15) is 25.1 Å². The van der Waals surface area contributed by atoms with Gasteiger partial charge in [0.2, 0.25) is 5.91 Å². The average molecular weight is 349 g/mol. The number of aryl methyl sites for hydroxylation is 1. The summed E-state index contributed by atoms with van der Waals surface area (Å²) in [6, 6.07) is 17.3. The number of rotatable bonds is 5. The highest BCUT2D eigenvalue weighted by molar-refractivity contribution is 5.88. The number of carbonyl (C=O) groups excluding carboxylic acids is 1. The van der Waals surface area contributed by atoms with Crippen LogP contribution in [0.5, 0.6) is 0 Å². The van der Waals surface area contributed by atoms with Crippen molar-refractivity contribution in [1.29, 1.82) is 0 Å². The van der Waals surface area contributed by atoms with E-state index >= 15 is 0 Å². The van der Waals surface area contributed by atoms with Gasteiger partial charge in [0.05, 0.1) is 17.5 Å². The first-order valence-electron chi connectivity index (χ1n) is 8.75. The van der Waals surface area contributed by atoms with Gasteiger partial charge in [-0.15, -0.1) is 0 Å². The van der Waals surface area contributed by atoms with Crippen LogP contribution in [0, 0.1) is 0 Å². The Labute approximate surface area is 152 Å².